The van der Waals surface area contributed by atoms with Crippen molar-refractivity contribution in [3.63, 3.8) is 0 Å². The standard InChI is InChI=1S/C15H22N4O2S/c1-4-5-13(16)14-17-18-15(22(3,20)21)19(14)10-12-8-6-11(2)7-9-12/h6-9,13H,4-5,10,16H2,1-3H3. The molecule has 0 saturated carbocycles. The molecule has 22 heavy (non-hydrogen) atoms. The fourth-order valence-electron chi connectivity index (χ4n) is 2.31. The highest BCUT2D eigenvalue weighted by molar-refractivity contribution is 7.90. The Balaban J connectivity index is 2.45. The molecule has 7 heteroatoms. The van der Waals surface area contributed by atoms with Crippen LogP contribution in [0.4, 0.5) is 0 Å². The first-order valence-electron chi connectivity index (χ1n) is 7.27. The van der Waals surface area contributed by atoms with Gasteiger partial charge in [-0.15, -0.1) is 10.2 Å². The summed E-state index contributed by atoms with van der Waals surface area (Å²) in [5.41, 5.74) is 8.26. The van der Waals surface area contributed by atoms with E-state index in [0.29, 0.717) is 12.4 Å². The van der Waals surface area contributed by atoms with Gasteiger partial charge in [0.25, 0.3) is 0 Å². The summed E-state index contributed by atoms with van der Waals surface area (Å²) in [4.78, 5) is 0. The molecule has 1 atom stereocenters. The number of hydrogen-bond acceptors (Lipinski definition) is 5. The second-order valence-electron chi connectivity index (χ2n) is 5.58. The van der Waals surface area contributed by atoms with Crippen LogP contribution in [0.3, 0.4) is 0 Å². The Bertz CT molecular complexity index is 735. The topological polar surface area (TPSA) is 90.9 Å². The van der Waals surface area contributed by atoms with Crippen LogP contribution in [0, 0.1) is 6.92 Å². The van der Waals surface area contributed by atoms with Crippen LogP contribution in [0.2, 0.25) is 0 Å². The van der Waals surface area contributed by atoms with Crippen LogP contribution in [0.1, 0.15) is 42.8 Å². The molecule has 2 N–H and O–H groups in total. The zero-order valence-corrected chi connectivity index (χ0v) is 14.0. The van der Waals surface area contributed by atoms with Crippen LogP contribution in [-0.2, 0) is 16.4 Å². The lowest BCUT2D eigenvalue weighted by Crippen LogP contribution is -2.19. The maximum Gasteiger partial charge on any atom is 0.249 e. The van der Waals surface area contributed by atoms with Crippen LogP contribution in [0.15, 0.2) is 29.4 Å². The molecule has 0 amide bonds. The predicted molar refractivity (Wildman–Crippen MR) is 85.2 cm³/mol. The molecule has 0 spiro atoms. The second-order valence-corrected chi connectivity index (χ2v) is 7.49. The first kappa shape index (κ1) is 16.6. The first-order valence-corrected chi connectivity index (χ1v) is 9.16. The van der Waals surface area contributed by atoms with Gasteiger partial charge in [-0.1, -0.05) is 43.2 Å². The van der Waals surface area contributed by atoms with Gasteiger partial charge in [0.2, 0.25) is 15.0 Å². The van der Waals surface area contributed by atoms with Crippen molar-refractivity contribution in [3.05, 3.63) is 41.2 Å². The van der Waals surface area contributed by atoms with Crippen LogP contribution in [0.5, 0.6) is 0 Å². The number of rotatable bonds is 6. The summed E-state index contributed by atoms with van der Waals surface area (Å²) in [5, 5.41) is 7.84. The van der Waals surface area contributed by atoms with Gasteiger partial charge in [-0.25, -0.2) is 8.42 Å². The maximum atomic E-state index is 11.9. The van der Waals surface area contributed by atoms with E-state index in [2.05, 4.69) is 10.2 Å². The van der Waals surface area contributed by atoms with E-state index in [1.165, 1.54) is 0 Å². The van der Waals surface area contributed by atoms with E-state index >= 15 is 0 Å². The van der Waals surface area contributed by atoms with Crippen LogP contribution in [0.25, 0.3) is 0 Å². The third-order valence-corrected chi connectivity index (χ3v) is 4.44. The molecule has 1 aromatic carbocycles. The zero-order valence-electron chi connectivity index (χ0n) is 13.2. The van der Waals surface area contributed by atoms with E-state index in [4.69, 9.17) is 5.73 Å². The Morgan fingerprint density at radius 1 is 1.23 bits per heavy atom. The third-order valence-electron chi connectivity index (χ3n) is 3.47. The van der Waals surface area contributed by atoms with Gasteiger partial charge in [0.15, 0.2) is 5.82 Å². The van der Waals surface area contributed by atoms with E-state index in [1.807, 2.05) is 38.1 Å². The van der Waals surface area contributed by atoms with E-state index in [9.17, 15) is 8.42 Å². The molecule has 2 aromatic rings. The number of hydrogen-bond donors (Lipinski definition) is 1. The van der Waals surface area contributed by atoms with Gasteiger partial charge in [0, 0.05) is 6.26 Å². The van der Waals surface area contributed by atoms with E-state index in [1.54, 1.807) is 4.57 Å². The maximum absolute atomic E-state index is 11.9. The van der Waals surface area contributed by atoms with E-state index in [-0.39, 0.29) is 11.2 Å². The quantitative estimate of drug-likeness (QED) is 0.876. The highest BCUT2D eigenvalue weighted by Gasteiger charge is 2.23. The molecule has 1 aromatic heterocycles. The lowest BCUT2D eigenvalue weighted by molar-refractivity contribution is 0.539. The number of sulfone groups is 1. The molecule has 2 rings (SSSR count). The molecule has 0 radical (unpaired) electrons. The average molecular weight is 322 g/mol. The Hall–Kier alpha value is -1.73. The lowest BCUT2D eigenvalue weighted by Gasteiger charge is -2.14. The van der Waals surface area contributed by atoms with E-state index < -0.39 is 9.84 Å². The third kappa shape index (κ3) is 3.72. The summed E-state index contributed by atoms with van der Waals surface area (Å²) < 4.78 is 25.5. The van der Waals surface area contributed by atoms with Gasteiger partial charge < -0.3 is 5.73 Å². The first-order chi connectivity index (χ1) is 10.3. The molecule has 0 bridgehead atoms. The molecule has 1 heterocycles. The molecule has 0 saturated heterocycles. The predicted octanol–water partition coefficient (Wildman–Crippen LogP) is 1.84. The largest absolute Gasteiger partial charge is 0.321 e. The fraction of sp³-hybridized carbons (Fsp3) is 0.467. The molecule has 0 aliphatic heterocycles. The average Bonchev–Trinajstić information content (AvgIpc) is 2.85. The van der Waals surface area contributed by atoms with Gasteiger partial charge >= 0.3 is 0 Å². The van der Waals surface area contributed by atoms with Crippen molar-refractivity contribution in [2.45, 2.75) is 44.4 Å². The van der Waals surface area contributed by atoms with Gasteiger partial charge in [0.05, 0.1) is 12.6 Å². The summed E-state index contributed by atoms with van der Waals surface area (Å²) in [6.07, 6.45) is 2.76. The highest BCUT2D eigenvalue weighted by atomic mass is 32.2. The van der Waals surface area contributed by atoms with E-state index in [0.717, 1.165) is 30.2 Å². The van der Waals surface area contributed by atoms with Crippen LogP contribution in [-0.4, -0.2) is 29.4 Å². The molecule has 120 valence electrons. The Kier molecular flexibility index (Phi) is 4.97. The minimum absolute atomic E-state index is 0.0328. The van der Waals surface area contributed by atoms with Crippen molar-refractivity contribution in [3.8, 4) is 0 Å². The van der Waals surface area contributed by atoms with Crippen molar-refractivity contribution < 1.29 is 8.42 Å². The smallest absolute Gasteiger partial charge is 0.249 e. The van der Waals surface area contributed by atoms with Gasteiger partial charge in [0.1, 0.15) is 0 Å². The monoisotopic (exact) mass is 322 g/mol. The SMILES string of the molecule is CCCC(N)c1nnc(S(C)(=O)=O)n1Cc1ccc(C)cc1. The van der Waals surface area contributed by atoms with Crippen molar-refractivity contribution >= 4 is 9.84 Å². The number of nitrogens with zero attached hydrogens (tertiary/aromatic N) is 3. The molecular weight excluding hydrogens is 300 g/mol. The lowest BCUT2D eigenvalue weighted by atomic mass is 10.1. The van der Waals surface area contributed by atoms with Crippen LogP contribution >= 0.6 is 0 Å². The molecule has 6 nitrogen and oxygen atoms in total. The summed E-state index contributed by atoms with van der Waals surface area (Å²) in [6.45, 7) is 4.42. The molecule has 0 fully saturated rings. The van der Waals surface area contributed by atoms with Crippen molar-refractivity contribution in [2.24, 2.45) is 5.73 Å². The number of nitrogens with two attached hydrogens (primary N) is 1. The minimum Gasteiger partial charge on any atom is -0.321 e. The van der Waals surface area contributed by atoms with Crippen LogP contribution < -0.4 is 5.73 Å². The summed E-state index contributed by atoms with van der Waals surface area (Å²) >= 11 is 0. The zero-order chi connectivity index (χ0) is 16.3. The van der Waals surface area contributed by atoms with Gasteiger partial charge in [-0.2, -0.15) is 0 Å². The Morgan fingerprint density at radius 3 is 2.41 bits per heavy atom. The fourth-order valence-corrected chi connectivity index (χ4v) is 3.06. The summed E-state index contributed by atoms with van der Waals surface area (Å²) in [7, 11) is -3.46. The number of aryl methyl sites for hydroxylation is 1. The molecule has 1 unspecified atom stereocenters. The number of aromatic nitrogens is 3. The van der Waals surface area contributed by atoms with Crippen molar-refractivity contribution in [1.82, 2.24) is 14.8 Å². The second kappa shape index (κ2) is 6.58. The number of benzene rings is 1. The summed E-state index contributed by atoms with van der Waals surface area (Å²) in [6, 6.07) is 7.60. The van der Waals surface area contributed by atoms with Crippen molar-refractivity contribution in [1.29, 1.82) is 0 Å². The molecule has 0 aliphatic rings. The minimum atomic E-state index is -3.46. The highest BCUT2D eigenvalue weighted by Crippen LogP contribution is 2.19. The van der Waals surface area contributed by atoms with Gasteiger partial charge in [-0.3, -0.25) is 4.57 Å². The Labute approximate surface area is 131 Å². The molecule has 0 aliphatic carbocycles. The van der Waals surface area contributed by atoms with Crippen molar-refractivity contribution in [2.75, 3.05) is 6.26 Å². The Morgan fingerprint density at radius 2 is 1.86 bits per heavy atom. The normalized spacial score (nSPS) is 13.3. The molecular formula is C15H22N4O2S. The summed E-state index contributed by atoms with van der Waals surface area (Å²) in [5.74, 6) is 0.517. The van der Waals surface area contributed by atoms with Gasteiger partial charge in [-0.05, 0) is 18.9 Å².